The SMILES string of the molecule is CNC1COCC1C(=O)O. The van der Waals surface area contributed by atoms with Gasteiger partial charge in [-0.05, 0) is 7.05 Å². The summed E-state index contributed by atoms with van der Waals surface area (Å²) in [6, 6.07) is -0.0162. The van der Waals surface area contributed by atoms with E-state index in [1.807, 2.05) is 0 Å². The van der Waals surface area contributed by atoms with Gasteiger partial charge in [0.1, 0.15) is 0 Å². The van der Waals surface area contributed by atoms with Crippen LogP contribution in [0.3, 0.4) is 0 Å². The van der Waals surface area contributed by atoms with Crippen molar-refractivity contribution >= 4 is 5.97 Å². The van der Waals surface area contributed by atoms with Crippen LogP contribution in [-0.4, -0.2) is 37.4 Å². The molecule has 4 heteroatoms. The van der Waals surface area contributed by atoms with E-state index in [1.54, 1.807) is 7.05 Å². The Morgan fingerprint density at radius 1 is 1.70 bits per heavy atom. The predicted octanol–water partition coefficient (Wildman–Crippen LogP) is -0.695. The number of carboxylic acids is 1. The summed E-state index contributed by atoms with van der Waals surface area (Å²) in [7, 11) is 1.75. The molecule has 58 valence electrons. The minimum absolute atomic E-state index is 0.0162. The van der Waals surface area contributed by atoms with Crippen LogP contribution >= 0.6 is 0 Å². The van der Waals surface area contributed by atoms with E-state index in [4.69, 9.17) is 9.84 Å². The maximum Gasteiger partial charge on any atom is 0.310 e. The minimum atomic E-state index is -0.781. The van der Waals surface area contributed by atoms with E-state index in [-0.39, 0.29) is 12.0 Å². The summed E-state index contributed by atoms with van der Waals surface area (Å²) in [5.74, 6) is -1.15. The third-order valence-corrected chi connectivity index (χ3v) is 1.77. The molecule has 1 aliphatic heterocycles. The molecule has 0 aliphatic carbocycles. The van der Waals surface area contributed by atoms with Crippen LogP contribution in [0.4, 0.5) is 0 Å². The Hall–Kier alpha value is -0.610. The highest BCUT2D eigenvalue weighted by Gasteiger charge is 2.32. The van der Waals surface area contributed by atoms with Gasteiger partial charge in [0.15, 0.2) is 0 Å². The highest BCUT2D eigenvalue weighted by atomic mass is 16.5. The second kappa shape index (κ2) is 2.98. The molecule has 1 fully saturated rings. The van der Waals surface area contributed by atoms with Gasteiger partial charge < -0.3 is 15.2 Å². The van der Waals surface area contributed by atoms with Crippen molar-refractivity contribution < 1.29 is 14.6 Å². The molecule has 1 heterocycles. The fourth-order valence-electron chi connectivity index (χ4n) is 1.08. The van der Waals surface area contributed by atoms with Crippen molar-refractivity contribution in [2.75, 3.05) is 20.3 Å². The zero-order valence-corrected chi connectivity index (χ0v) is 5.83. The zero-order chi connectivity index (χ0) is 7.56. The first kappa shape index (κ1) is 7.50. The summed E-state index contributed by atoms with van der Waals surface area (Å²) in [5.41, 5.74) is 0. The first-order chi connectivity index (χ1) is 4.75. The Kier molecular flexibility index (Phi) is 2.24. The third-order valence-electron chi connectivity index (χ3n) is 1.77. The number of nitrogens with one attached hydrogen (secondary N) is 1. The molecule has 0 spiro atoms. The van der Waals surface area contributed by atoms with Crippen LogP contribution in [0.25, 0.3) is 0 Å². The van der Waals surface area contributed by atoms with E-state index < -0.39 is 5.97 Å². The lowest BCUT2D eigenvalue weighted by Crippen LogP contribution is -2.36. The lowest BCUT2D eigenvalue weighted by atomic mass is 10.1. The number of hydrogen-bond donors (Lipinski definition) is 2. The van der Waals surface area contributed by atoms with Crippen molar-refractivity contribution in [2.24, 2.45) is 5.92 Å². The Bertz CT molecular complexity index is 137. The Morgan fingerprint density at radius 2 is 2.40 bits per heavy atom. The largest absolute Gasteiger partial charge is 0.481 e. The average molecular weight is 145 g/mol. The molecule has 2 unspecified atom stereocenters. The molecule has 4 nitrogen and oxygen atoms in total. The van der Waals surface area contributed by atoms with Gasteiger partial charge in [0.2, 0.25) is 0 Å². The molecule has 0 aromatic rings. The molecule has 10 heavy (non-hydrogen) atoms. The molecule has 2 atom stereocenters. The van der Waals surface area contributed by atoms with Crippen LogP contribution in [0.15, 0.2) is 0 Å². The van der Waals surface area contributed by atoms with Crippen molar-refractivity contribution in [1.82, 2.24) is 5.32 Å². The molecular formula is C6H11NO3. The highest BCUT2D eigenvalue weighted by molar-refractivity contribution is 5.71. The van der Waals surface area contributed by atoms with Gasteiger partial charge in [-0.1, -0.05) is 0 Å². The minimum Gasteiger partial charge on any atom is -0.481 e. The summed E-state index contributed by atoms with van der Waals surface area (Å²) >= 11 is 0. The Labute approximate surface area is 59.2 Å². The fraction of sp³-hybridized carbons (Fsp3) is 0.833. The quantitative estimate of drug-likeness (QED) is 0.539. The Balaban J connectivity index is 2.50. The van der Waals surface area contributed by atoms with Gasteiger partial charge in [0.05, 0.1) is 19.1 Å². The van der Waals surface area contributed by atoms with Crippen LogP contribution in [0.2, 0.25) is 0 Å². The first-order valence-electron chi connectivity index (χ1n) is 3.23. The number of likely N-dealkylation sites (N-methyl/N-ethyl adjacent to an activating group) is 1. The third kappa shape index (κ3) is 1.27. The van der Waals surface area contributed by atoms with E-state index >= 15 is 0 Å². The van der Waals surface area contributed by atoms with Gasteiger partial charge in [0, 0.05) is 6.04 Å². The fourth-order valence-corrected chi connectivity index (χ4v) is 1.08. The van der Waals surface area contributed by atoms with Gasteiger partial charge in [-0.15, -0.1) is 0 Å². The summed E-state index contributed by atoms with van der Waals surface area (Å²) in [6.07, 6.45) is 0. The number of aliphatic carboxylic acids is 1. The van der Waals surface area contributed by atoms with Crippen molar-refractivity contribution in [3.63, 3.8) is 0 Å². The standard InChI is InChI=1S/C6H11NO3/c1-7-5-3-10-2-4(5)6(8)9/h4-5,7H,2-3H2,1H3,(H,8,9). The molecule has 0 saturated carbocycles. The molecule has 2 N–H and O–H groups in total. The zero-order valence-electron chi connectivity index (χ0n) is 5.83. The van der Waals surface area contributed by atoms with Crippen molar-refractivity contribution in [3.05, 3.63) is 0 Å². The van der Waals surface area contributed by atoms with Crippen LogP contribution in [0.5, 0.6) is 0 Å². The molecule has 0 radical (unpaired) electrons. The van der Waals surface area contributed by atoms with E-state index in [9.17, 15) is 4.79 Å². The van der Waals surface area contributed by atoms with E-state index in [0.29, 0.717) is 13.2 Å². The topological polar surface area (TPSA) is 58.6 Å². The van der Waals surface area contributed by atoms with Gasteiger partial charge in [-0.3, -0.25) is 4.79 Å². The summed E-state index contributed by atoms with van der Waals surface area (Å²) < 4.78 is 4.98. The van der Waals surface area contributed by atoms with Crippen molar-refractivity contribution in [2.45, 2.75) is 6.04 Å². The molecule has 1 rings (SSSR count). The van der Waals surface area contributed by atoms with E-state index in [1.165, 1.54) is 0 Å². The highest BCUT2D eigenvalue weighted by Crippen LogP contribution is 2.12. The second-order valence-corrected chi connectivity index (χ2v) is 2.38. The predicted molar refractivity (Wildman–Crippen MR) is 34.8 cm³/mol. The normalized spacial score (nSPS) is 32.5. The van der Waals surface area contributed by atoms with Crippen LogP contribution in [0, 0.1) is 5.92 Å². The average Bonchev–Trinajstić information content (AvgIpc) is 2.33. The maximum absolute atomic E-state index is 10.5. The van der Waals surface area contributed by atoms with Gasteiger partial charge in [-0.2, -0.15) is 0 Å². The number of hydrogen-bond acceptors (Lipinski definition) is 3. The van der Waals surface area contributed by atoms with Crippen LogP contribution in [0.1, 0.15) is 0 Å². The summed E-state index contributed by atoms with van der Waals surface area (Å²) in [4.78, 5) is 10.5. The summed E-state index contributed by atoms with van der Waals surface area (Å²) in [5, 5.41) is 11.5. The van der Waals surface area contributed by atoms with Crippen LogP contribution in [-0.2, 0) is 9.53 Å². The van der Waals surface area contributed by atoms with Crippen molar-refractivity contribution in [3.8, 4) is 0 Å². The smallest absolute Gasteiger partial charge is 0.310 e. The van der Waals surface area contributed by atoms with Gasteiger partial charge in [-0.25, -0.2) is 0 Å². The molecule has 0 amide bonds. The van der Waals surface area contributed by atoms with E-state index in [2.05, 4.69) is 5.32 Å². The lowest BCUT2D eigenvalue weighted by Gasteiger charge is -2.10. The van der Waals surface area contributed by atoms with Crippen LogP contribution < -0.4 is 5.32 Å². The Morgan fingerprint density at radius 3 is 2.80 bits per heavy atom. The number of carbonyl (C=O) groups is 1. The second-order valence-electron chi connectivity index (χ2n) is 2.38. The number of ether oxygens (including phenoxy) is 1. The number of carboxylic acid groups (broad SMARTS) is 1. The van der Waals surface area contributed by atoms with E-state index in [0.717, 1.165) is 0 Å². The maximum atomic E-state index is 10.5. The lowest BCUT2D eigenvalue weighted by molar-refractivity contribution is -0.142. The van der Waals surface area contributed by atoms with Crippen molar-refractivity contribution in [1.29, 1.82) is 0 Å². The monoisotopic (exact) mass is 145 g/mol. The molecular weight excluding hydrogens is 134 g/mol. The van der Waals surface area contributed by atoms with Gasteiger partial charge >= 0.3 is 5.97 Å². The van der Waals surface area contributed by atoms with Gasteiger partial charge in [0.25, 0.3) is 0 Å². The molecule has 1 saturated heterocycles. The molecule has 0 bridgehead atoms. The molecule has 0 aromatic carbocycles. The number of rotatable bonds is 2. The summed E-state index contributed by atoms with van der Waals surface area (Å²) in [6.45, 7) is 0.842. The molecule has 0 aromatic heterocycles. The molecule has 1 aliphatic rings. The first-order valence-corrected chi connectivity index (χ1v) is 3.23.